The third-order valence-electron chi connectivity index (χ3n) is 3.33. The maximum Gasteiger partial charge on any atom is 0.358 e. The molecule has 0 atom stereocenters. The molecule has 0 bridgehead atoms. The number of pyridine rings is 1. The van der Waals surface area contributed by atoms with Gasteiger partial charge in [0, 0.05) is 12.3 Å². The quantitative estimate of drug-likeness (QED) is 0.724. The van der Waals surface area contributed by atoms with Crippen LogP contribution in [0.15, 0.2) is 52.8 Å². The van der Waals surface area contributed by atoms with Crippen LogP contribution in [0.4, 0.5) is 11.5 Å². The first-order valence-corrected chi connectivity index (χ1v) is 6.98. The molecular formula is C16H14N4O4. The van der Waals surface area contributed by atoms with Crippen LogP contribution < -0.4 is 9.47 Å². The van der Waals surface area contributed by atoms with E-state index in [4.69, 9.17) is 9.47 Å². The molecule has 0 fully saturated rings. The van der Waals surface area contributed by atoms with E-state index in [1.807, 2.05) is 0 Å². The number of benzene rings is 1. The Morgan fingerprint density at radius 1 is 1.12 bits per heavy atom. The SMILES string of the molecule is COc1ccc(N=Nc2c(C(=O)O)nc3ccccn23)cc1OC. The first kappa shape index (κ1) is 15.5. The number of methoxy groups -OCH3 is 2. The van der Waals surface area contributed by atoms with Gasteiger partial charge in [0.1, 0.15) is 5.65 Å². The normalized spacial score (nSPS) is 11.1. The van der Waals surface area contributed by atoms with Crippen molar-refractivity contribution >= 4 is 23.1 Å². The second-order valence-corrected chi connectivity index (χ2v) is 4.76. The number of carbonyl (C=O) groups is 1. The molecule has 0 aliphatic carbocycles. The Morgan fingerprint density at radius 3 is 2.62 bits per heavy atom. The van der Waals surface area contributed by atoms with E-state index in [2.05, 4.69) is 15.2 Å². The zero-order valence-corrected chi connectivity index (χ0v) is 13.0. The first-order valence-electron chi connectivity index (χ1n) is 6.98. The van der Waals surface area contributed by atoms with Crippen LogP contribution in [0.5, 0.6) is 11.5 Å². The molecule has 0 saturated heterocycles. The molecule has 3 rings (SSSR count). The Morgan fingerprint density at radius 2 is 1.92 bits per heavy atom. The van der Waals surface area contributed by atoms with Crippen LogP contribution in [0.1, 0.15) is 10.5 Å². The average Bonchev–Trinajstić information content (AvgIpc) is 2.98. The lowest BCUT2D eigenvalue weighted by Crippen LogP contribution is -1.96. The minimum absolute atomic E-state index is 0.146. The highest BCUT2D eigenvalue weighted by Crippen LogP contribution is 2.32. The number of azo groups is 1. The van der Waals surface area contributed by atoms with E-state index >= 15 is 0 Å². The second-order valence-electron chi connectivity index (χ2n) is 4.76. The smallest absolute Gasteiger partial charge is 0.358 e. The van der Waals surface area contributed by atoms with Gasteiger partial charge in [-0.25, -0.2) is 9.78 Å². The monoisotopic (exact) mass is 326 g/mol. The predicted octanol–water partition coefficient (Wildman–Crippen LogP) is 3.47. The van der Waals surface area contributed by atoms with Crippen LogP contribution in [0.25, 0.3) is 5.65 Å². The number of ether oxygens (including phenoxy) is 2. The fourth-order valence-corrected chi connectivity index (χ4v) is 2.21. The Kier molecular flexibility index (Phi) is 4.11. The average molecular weight is 326 g/mol. The maximum absolute atomic E-state index is 11.4. The third-order valence-corrected chi connectivity index (χ3v) is 3.33. The Bertz CT molecular complexity index is 933. The molecule has 0 aliphatic rings. The summed E-state index contributed by atoms with van der Waals surface area (Å²) in [4.78, 5) is 15.4. The van der Waals surface area contributed by atoms with Crippen molar-refractivity contribution in [2.75, 3.05) is 14.2 Å². The minimum Gasteiger partial charge on any atom is -0.493 e. The summed E-state index contributed by atoms with van der Waals surface area (Å²) in [6.07, 6.45) is 1.68. The number of aromatic carboxylic acids is 1. The standard InChI is InChI=1S/C16H14N4O4/c1-23-11-7-6-10(9-12(11)24-2)18-19-15-14(16(21)22)17-13-5-3-4-8-20(13)15/h3-9H,1-2H3,(H,21,22). The molecule has 2 aromatic heterocycles. The Balaban J connectivity index is 2.04. The van der Waals surface area contributed by atoms with E-state index in [-0.39, 0.29) is 11.5 Å². The predicted molar refractivity (Wildman–Crippen MR) is 85.9 cm³/mol. The molecule has 0 amide bonds. The summed E-state index contributed by atoms with van der Waals surface area (Å²) in [6.45, 7) is 0. The molecule has 8 nitrogen and oxygen atoms in total. The highest BCUT2D eigenvalue weighted by atomic mass is 16.5. The molecule has 8 heteroatoms. The van der Waals surface area contributed by atoms with Crippen molar-refractivity contribution in [1.82, 2.24) is 9.38 Å². The van der Waals surface area contributed by atoms with Crippen molar-refractivity contribution < 1.29 is 19.4 Å². The van der Waals surface area contributed by atoms with Crippen molar-refractivity contribution in [3.63, 3.8) is 0 Å². The number of nitrogens with zero attached hydrogens (tertiary/aromatic N) is 4. The number of carboxylic acid groups (broad SMARTS) is 1. The molecule has 0 aliphatic heterocycles. The fourth-order valence-electron chi connectivity index (χ4n) is 2.21. The summed E-state index contributed by atoms with van der Waals surface area (Å²) in [5.74, 6) is 0.0517. The molecule has 3 aromatic rings. The number of rotatable bonds is 5. The maximum atomic E-state index is 11.4. The van der Waals surface area contributed by atoms with Gasteiger partial charge >= 0.3 is 5.97 Å². The number of imidazole rings is 1. The van der Waals surface area contributed by atoms with Gasteiger partial charge in [0.15, 0.2) is 23.0 Å². The van der Waals surface area contributed by atoms with E-state index in [0.29, 0.717) is 22.8 Å². The van der Waals surface area contributed by atoms with Crippen LogP contribution in [-0.2, 0) is 0 Å². The molecule has 0 spiro atoms. The van der Waals surface area contributed by atoms with Crippen molar-refractivity contribution in [2.24, 2.45) is 10.2 Å². The molecule has 2 heterocycles. The number of carboxylic acids is 1. The van der Waals surface area contributed by atoms with Gasteiger partial charge in [-0.1, -0.05) is 6.07 Å². The zero-order chi connectivity index (χ0) is 17.1. The summed E-state index contributed by atoms with van der Waals surface area (Å²) in [5, 5.41) is 17.5. The highest BCUT2D eigenvalue weighted by Gasteiger charge is 2.18. The lowest BCUT2D eigenvalue weighted by atomic mass is 10.3. The number of fused-ring (bicyclic) bond motifs is 1. The number of hydrogen-bond acceptors (Lipinski definition) is 6. The highest BCUT2D eigenvalue weighted by molar-refractivity contribution is 5.91. The van der Waals surface area contributed by atoms with E-state index in [1.165, 1.54) is 14.2 Å². The Labute approximate surface area is 137 Å². The molecule has 122 valence electrons. The van der Waals surface area contributed by atoms with Gasteiger partial charge in [0.05, 0.1) is 19.9 Å². The molecular weight excluding hydrogens is 312 g/mol. The third kappa shape index (κ3) is 2.76. The summed E-state index contributed by atoms with van der Waals surface area (Å²) in [5.41, 5.74) is 0.816. The lowest BCUT2D eigenvalue weighted by molar-refractivity contribution is 0.0692. The van der Waals surface area contributed by atoms with Crippen molar-refractivity contribution in [3.05, 3.63) is 48.3 Å². The van der Waals surface area contributed by atoms with Crippen molar-refractivity contribution in [3.8, 4) is 11.5 Å². The van der Waals surface area contributed by atoms with Gasteiger partial charge in [-0.15, -0.1) is 10.2 Å². The van der Waals surface area contributed by atoms with Gasteiger partial charge in [-0.05, 0) is 24.3 Å². The molecule has 0 radical (unpaired) electrons. The van der Waals surface area contributed by atoms with Gasteiger partial charge in [0.25, 0.3) is 0 Å². The van der Waals surface area contributed by atoms with Crippen LogP contribution in [0.3, 0.4) is 0 Å². The lowest BCUT2D eigenvalue weighted by Gasteiger charge is -2.06. The molecule has 1 N–H and O–H groups in total. The zero-order valence-electron chi connectivity index (χ0n) is 13.0. The summed E-state index contributed by atoms with van der Waals surface area (Å²) in [6, 6.07) is 10.3. The van der Waals surface area contributed by atoms with E-state index in [0.717, 1.165) is 0 Å². The fraction of sp³-hybridized carbons (Fsp3) is 0.125. The summed E-state index contributed by atoms with van der Waals surface area (Å²) < 4.78 is 11.9. The van der Waals surface area contributed by atoms with Crippen LogP contribution in [0, 0.1) is 0 Å². The van der Waals surface area contributed by atoms with Crippen LogP contribution in [-0.4, -0.2) is 34.7 Å². The largest absolute Gasteiger partial charge is 0.493 e. The first-order chi connectivity index (χ1) is 11.6. The van der Waals surface area contributed by atoms with Gasteiger partial charge in [-0.3, -0.25) is 4.40 Å². The van der Waals surface area contributed by atoms with Crippen LogP contribution >= 0.6 is 0 Å². The molecule has 0 unspecified atom stereocenters. The summed E-state index contributed by atoms with van der Waals surface area (Å²) >= 11 is 0. The van der Waals surface area contributed by atoms with Crippen molar-refractivity contribution in [2.45, 2.75) is 0 Å². The Hall–Kier alpha value is -3.42. The summed E-state index contributed by atoms with van der Waals surface area (Å²) in [7, 11) is 3.06. The minimum atomic E-state index is -1.17. The number of hydrogen-bond donors (Lipinski definition) is 1. The number of aromatic nitrogens is 2. The molecule has 0 saturated carbocycles. The second kappa shape index (κ2) is 6.37. The van der Waals surface area contributed by atoms with E-state index in [9.17, 15) is 9.90 Å². The molecule has 1 aromatic carbocycles. The van der Waals surface area contributed by atoms with E-state index < -0.39 is 5.97 Å². The topological polar surface area (TPSA) is 97.8 Å². The molecule has 24 heavy (non-hydrogen) atoms. The van der Waals surface area contributed by atoms with Gasteiger partial charge < -0.3 is 14.6 Å². The van der Waals surface area contributed by atoms with E-state index in [1.54, 1.807) is 47.0 Å². The van der Waals surface area contributed by atoms with Crippen molar-refractivity contribution in [1.29, 1.82) is 0 Å². The van der Waals surface area contributed by atoms with Gasteiger partial charge in [0.2, 0.25) is 0 Å². The van der Waals surface area contributed by atoms with Crippen LogP contribution in [0.2, 0.25) is 0 Å². The van der Waals surface area contributed by atoms with Gasteiger partial charge in [-0.2, -0.15) is 0 Å².